The number of ether oxygens (including phenoxy) is 2. The fraction of sp³-hybridized carbons (Fsp3) is 0.385. The fourth-order valence-corrected chi connectivity index (χ4v) is 3.84. The zero-order chi connectivity index (χ0) is 24.5. The van der Waals surface area contributed by atoms with Gasteiger partial charge in [-0.2, -0.15) is 0 Å². The van der Waals surface area contributed by atoms with Crippen molar-refractivity contribution in [1.29, 1.82) is 0 Å². The highest BCUT2D eigenvalue weighted by Crippen LogP contribution is 2.31. The number of amides is 2. The van der Waals surface area contributed by atoms with Crippen molar-refractivity contribution in [3.05, 3.63) is 70.0 Å². The molecule has 34 heavy (non-hydrogen) atoms. The summed E-state index contributed by atoms with van der Waals surface area (Å²) in [6.07, 6.45) is 0. The fourth-order valence-electron chi connectivity index (χ4n) is 3.84. The molecular weight excluding hydrogens is 432 g/mol. The quantitative estimate of drug-likeness (QED) is 0.451. The van der Waals surface area contributed by atoms with E-state index in [9.17, 15) is 9.59 Å². The molecule has 0 radical (unpaired) electrons. The minimum Gasteiger partial charge on any atom is -0.493 e. The molecule has 2 amide bonds. The van der Waals surface area contributed by atoms with Crippen molar-refractivity contribution in [2.75, 3.05) is 40.4 Å². The van der Waals surface area contributed by atoms with E-state index in [1.165, 1.54) is 0 Å². The molecule has 8 nitrogen and oxygen atoms in total. The van der Waals surface area contributed by atoms with Crippen LogP contribution in [-0.4, -0.2) is 61.2 Å². The molecule has 0 unspecified atom stereocenters. The predicted octanol–water partition coefficient (Wildman–Crippen LogP) is 3.60. The molecule has 0 atom stereocenters. The van der Waals surface area contributed by atoms with Gasteiger partial charge in [-0.15, -0.1) is 0 Å². The number of pyridine rings is 1. The van der Waals surface area contributed by atoms with Crippen molar-refractivity contribution < 1.29 is 14.3 Å². The number of nitrogens with one attached hydrogen (secondary N) is 2. The Hall–Kier alpha value is -3.52. The summed E-state index contributed by atoms with van der Waals surface area (Å²) in [4.78, 5) is 32.9. The highest BCUT2D eigenvalue weighted by atomic mass is 16.5. The van der Waals surface area contributed by atoms with Gasteiger partial charge in [0.25, 0.3) is 5.56 Å². The maximum atomic E-state index is 13.1. The normalized spacial score (nSPS) is 11.0. The summed E-state index contributed by atoms with van der Waals surface area (Å²) >= 11 is 0. The average Bonchev–Trinajstić information content (AvgIpc) is 2.87. The van der Waals surface area contributed by atoms with Crippen molar-refractivity contribution in [3.63, 3.8) is 0 Å². The van der Waals surface area contributed by atoms with Gasteiger partial charge >= 0.3 is 6.03 Å². The van der Waals surface area contributed by atoms with Gasteiger partial charge in [0.2, 0.25) is 0 Å². The van der Waals surface area contributed by atoms with Crippen LogP contribution < -0.4 is 20.3 Å². The van der Waals surface area contributed by atoms with E-state index in [1.807, 2.05) is 42.5 Å². The zero-order valence-electron chi connectivity index (χ0n) is 20.4. The molecule has 3 aromatic rings. The Morgan fingerprint density at radius 3 is 2.29 bits per heavy atom. The maximum absolute atomic E-state index is 13.1. The molecule has 0 saturated heterocycles. The molecule has 8 heteroatoms. The first kappa shape index (κ1) is 25.1. The molecular formula is C26H34N4O4. The second-order valence-corrected chi connectivity index (χ2v) is 8.01. The average molecular weight is 467 g/mol. The lowest BCUT2D eigenvalue weighted by atomic mass is 10.1. The monoisotopic (exact) mass is 466 g/mol. The number of carbonyl (C=O) groups excluding carboxylic acids is 1. The predicted molar refractivity (Wildman–Crippen MR) is 135 cm³/mol. The van der Waals surface area contributed by atoms with Gasteiger partial charge in [0.1, 0.15) is 0 Å². The van der Waals surface area contributed by atoms with Crippen LogP contribution in [0.2, 0.25) is 0 Å². The van der Waals surface area contributed by atoms with E-state index in [0.717, 1.165) is 30.6 Å². The summed E-state index contributed by atoms with van der Waals surface area (Å²) in [6, 6.07) is 14.9. The lowest BCUT2D eigenvalue weighted by molar-refractivity contribution is 0.181. The van der Waals surface area contributed by atoms with E-state index in [4.69, 9.17) is 9.47 Å². The molecule has 0 aliphatic heterocycles. The molecule has 0 bridgehead atoms. The van der Waals surface area contributed by atoms with Gasteiger partial charge in [-0.25, -0.2) is 4.79 Å². The van der Waals surface area contributed by atoms with Gasteiger partial charge in [0.15, 0.2) is 11.5 Å². The molecule has 0 aliphatic carbocycles. The van der Waals surface area contributed by atoms with Crippen LogP contribution in [-0.2, 0) is 13.1 Å². The number of hydrogen-bond donors (Lipinski definition) is 2. The van der Waals surface area contributed by atoms with E-state index in [0.29, 0.717) is 35.7 Å². The first-order valence-electron chi connectivity index (χ1n) is 11.6. The summed E-state index contributed by atoms with van der Waals surface area (Å²) < 4.78 is 10.7. The van der Waals surface area contributed by atoms with Crippen molar-refractivity contribution in [2.24, 2.45) is 0 Å². The minimum atomic E-state index is -0.233. The lowest BCUT2D eigenvalue weighted by Gasteiger charge is -2.27. The Labute approximate surface area is 200 Å². The molecule has 182 valence electrons. The summed E-state index contributed by atoms with van der Waals surface area (Å²) in [7, 11) is 3.13. The Bertz CT molecular complexity index is 1140. The number of H-pyrrole nitrogens is 1. The number of aromatic amines is 1. The smallest absolute Gasteiger partial charge is 0.318 e. The van der Waals surface area contributed by atoms with E-state index < -0.39 is 0 Å². The molecule has 0 saturated carbocycles. The molecule has 0 fully saturated rings. The number of likely N-dealkylation sites (N-methyl/N-ethyl adjacent to an activating group) is 1. The van der Waals surface area contributed by atoms with Crippen LogP contribution in [0.25, 0.3) is 10.9 Å². The van der Waals surface area contributed by atoms with Gasteiger partial charge in [-0.3, -0.25) is 4.79 Å². The van der Waals surface area contributed by atoms with Crippen LogP contribution in [0, 0.1) is 0 Å². The summed E-state index contributed by atoms with van der Waals surface area (Å²) in [5.74, 6) is 1.12. The van der Waals surface area contributed by atoms with Gasteiger partial charge in [0.05, 0.1) is 26.3 Å². The van der Waals surface area contributed by atoms with E-state index in [2.05, 4.69) is 29.0 Å². The number of urea groups is 1. The molecule has 1 aromatic heterocycles. The summed E-state index contributed by atoms with van der Waals surface area (Å²) in [6.45, 7) is 7.84. The van der Waals surface area contributed by atoms with Gasteiger partial charge in [-0.1, -0.05) is 44.2 Å². The number of nitrogens with zero attached hydrogens (tertiary/aromatic N) is 2. The van der Waals surface area contributed by atoms with Crippen LogP contribution >= 0.6 is 0 Å². The van der Waals surface area contributed by atoms with Crippen molar-refractivity contribution >= 4 is 16.9 Å². The zero-order valence-corrected chi connectivity index (χ0v) is 20.4. The maximum Gasteiger partial charge on any atom is 0.318 e. The number of methoxy groups -OCH3 is 2. The van der Waals surface area contributed by atoms with E-state index in [-0.39, 0.29) is 18.1 Å². The third-order valence-corrected chi connectivity index (χ3v) is 5.94. The summed E-state index contributed by atoms with van der Waals surface area (Å²) in [5.41, 5.74) is 1.94. The Balaban J connectivity index is 1.85. The SMILES string of the molecule is CCN(CC)CCN(Cc1cc2cc(OC)c(OC)cc2[nH]c1=O)C(=O)NCc1ccccc1. The van der Waals surface area contributed by atoms with Crippen LogP contribution in [0.1, 0.15) is 25.0 Å². The number of fused-ring (bicyclic) bond motifs is 1. The van der Waals surface area contributed by atoms with Gasteiger partial charge < -0.3 is 29.6 Å². The van der Waals surface area contributed by atoms with Crippen LogP contribution in [0.4, 0.5) is 4.79 Å². The number of aromatic nitrogens is 1. The molecule has 2 N–H and O–H groups in total. The summed E-state index contributed by atoms with van der Waals surface area (Å²) in [5, 5.41) is 3.79. The minimum absolute atomic E-state index is 0.196. The van der Waals surface area contributed by atoms with E-state index >= 15 is 0 Å². The Morgan fingerprint density at radius 1 is 0.971 bits per heavy atom. The van der Waals surface area contributed by atoms with Crippen LogP contribution in [0.3, 0.4) is 0 Å². The third kappa shape index (κ3) is 6.29. The first-order chi connectivity index (χ1) is 16.5. The second kappa shape index (κ2) is 12.1. The Kier molecular flexibility index (Phi) is 8.93. The molecule has 2 aromatic carbocycles. The molecule has 1 heterocycles. The third-order valence-electron chi connectivity index (χ3n) is 5.94. The second-order valence-electron chi connectivity index (χ2n) is 8.01. The van der Waals surface area contributed by atoms with Crippen LogP contribution in [0.5, 0.6) is 11.5 Å². The van der Waals surface area contributed by atoms with Crippen molar-refractivity contribution in [1.82, 2.24) is 20.1 Å². The van der Waals surface area contributed by atoms with Gasteiger partial charge in [0, 0.05) is 36.7 Å². The number of benzene rings is 2. The first-order valence-corrected chi connectivity index (χ1v) is 11.6. The number of hydrogen-bond acceptors (Lipinski definition) is 5. The lowest BCUT2D eigenvalue weighted by Crippen LogP contribution is -2.44. The molecule has 0 aliphatic rings. The number of carbonyl (C=O) groups is 1. The van der Waals surface area contributed by atoms with Crippen molar-refractivity contribution in [3.8, 4) is 11.5 Å². The molecule has 3 rings (SSSR count). The highest BCUT2D eigenvalue weighted by Gasteiger charge is 2.18. The number of rotatable bonds is 11. The topological polar surface area (TPSA) is 86.9 Å². The Morgan fingerprint density at radius 2 is 1.65 bits per heavy atom. The van der Waals surface area contributed by atoms with Crippen molar-refractivity contribution in [2.45, 2.75) is 26.9 Å². The standard InChI is InChI=1S/C26H34N4O4/c1-5-29(6-2)12-13-30(26(32)27-17-19-10-8-7-9-11-19)18-21-14-20-15-23(33-3)24(34-4)16-22(20)28-25(21)31/h7-11,14-16H,5-6,12-13,17-18H2,1-4H3,(H,27,32)(H,28,31). The highest BCUT2D eigenvalue weighted by molar-refractivity contribution is 5.83. The van der Waals surface area contributed by atoms with E-state index in [1.54, 1.807) is 25.2 Å². The van der Waals surface area contributed by atoms with Crippen LogP contribution in [0.15, 0.2) is 53.3 Å². The molecule has 0 spiro atoms. The van der Waals surface area contributed by atoms with Gasteiger partial charge in [-0.05, 0) is 30.8 Å². The largest absolute Gasteiger partial charge is 0.493 e.